The van der Waals surface area contributed by atoms with Crippen LogP contribution in [0.4, 0.5) is 10.8 Å². The number of amides is 1. The van der Waals surface area contributed by atoms with Crippen LogP contribution in [-0.2, 0) is 20.8 Å². The Bertz CT molecular complexity index is 1660. The molecule has 3 aromatic rings. The summed E-state index contributed by atoms with van der Waals surface area (Å²) < 4.78 is 0.741. The summed E-state index contributed by atoms with van der Waals surface area (Å²) in [5.41, 5.74) is 9.25. The van der Waals surface area contributed by atoms with Gasteiger partial charge in [0.15, 0.2) is 10.1 Å². The molecule has 196 valence electrons. The molecule has 2 aliphatic heterocycles. The third-order valence-corrected chi connectivity index (χ3v) is 9.55. The Morgan fingerprint density at radius 2 is 1.95 bits per heavy atom. The first-order chi connectivity index (χ1) is 18.7. The number of rotatable bonds is 4. The van der Waals surface area contributed by atoms with Crippen molar-refractivity contribution in [2.24, 2.45) is 11.1 Å². The van der Waals surface area contributed by atoms with E-state index in [1.807, 2.05) is 26.0 Å². The molecule has 1 atom stereocenters. The van der Waals surface area contributed by atoms with Gasteiger partial charge in [0, 0.05) is 34.7 Å². The Hall–Kier alpha value is -3.94. The smallest absolute Gasteiger partial charge is 0.245 e. The van der Waals surface area contributed by atoms with Gasteiger partial charge in [0.1, 0.15) is 17.3 Å². The molecule has 1 aromatic heterocycles. The molecule has 8 nitrogen and oxygen atoms in total. The van der Waals surface area contributed by atoms with Gasteiger partial charge in [0.25, 0.3) is 0 Å². The van der Waals surface area contributed by atoms with E-state index in [2.05, 4.69) is 46.7 Å². The van der Waals surface area contributed by atoms with Gasteiger partial charge in [0.05, 0.1) is 5.57 Å². The fraction of sp³-hybridized carbons (Fsp3) is 0.276. The number of benzene rings is 2. The minimum Gasteiger partial charge on any atom is -0.384 e. The number of Topliss-reactive ketones (excluding diaryl/α,β-unsaturated/α-hetero) is 1. The zero-order valence-corrected chi connectivity index (χ0v) is 23.4. The van der Waals surface area contributed by atoms with Crippen molar-refractivity contribution in [2.45, 2.75) is 49.1 Å². The van der Waals surface area contributed by atoms with Gasteiger partial charge < -0.3 is 11.1 Å². The van der Waals surface area contributed by atoms with Gasteiger partial charge in [-0.25, -0.2) is 0 Å². The molecule has 0 bridgehead atoms. The highest BCUT2D eigenvalue weighted by atomic mass is 32.2. The monoisotopic (exact) mass is 554 g/mol. The number of fused-ring (bicyclic) bond motifs is 3. The minimum atomic E-state index is -1.59. The molecule has 0 fully saturated rings. The predicted octanol–water partition coefficient (Wildman–Crippen LogP) is 5.19. The second-order valence-corrected chi connectivity index (χ2v) is 13.0. The van der Waals surface area contributed by atoms with Crippen LogP contribution in [-0.4, -0.2) is 21.9 Å². The molecule has 2 aromatic carbocycles. The Labute approximate surface area is 234 Å². The quantitative estimate of drug-likeness (QED) is 0.423. The Kier molecular flexibility index (Phi) is 5.90. The highest BCUT2D eigenvalue weighted by Crippen LogP contribution is 2.57. The van der Waals surface area contributed by atoms with Crippen molar-refractivity contribution in [3.05, 3.63) is 87.9 Å². The molecule has 3 aliphatic rings. The molecule has 1 spiro atoms. The van der Waals surface area contributed by atoms with E-state index in [1.54, 1.807) is 34.9 Å². The highest BCUT2D eigenvalue weighted by molar-refractivity contribution is 8.00. The van der Waals surface area contributed by atoms with Gasteiger partial charge in [-0.2, -0.15) is 5.26 Å². The normalized spacial score (nSPS) is 21.6. The zero-order chi connectivity index (χ0) is 27.5. The molecule has 0 unspecified atom stereocenters. The minimum absolute atomic E-state index is 0.0286. The number of nitriles is 1. The fourth-order valence-electron chi connectivity index (χ4n) is 5.89. The number of anilines is 2. The molecular formula is C29H26N6O2S2. The first-order valence-corrected chi connectivity index (χ1v) is 14.4. The van der Waals surface area contributed by atoms with Gasteiger partial charge in [-0.3, -0.25) is 14.5 Å². The molecule has 10 heteroatoms. The van der Waals surface area contributed by atoms with Crippen LogP contribution in [0.5, 0.6) is 0 Å². The van der Waals surface area contributed by atoms with Crippen LogP contribution in [0.1, 0.15) is 43.4 Å². The Balaban J connectivity index is 1.49. The highest BCUT2D eigenvalue weighted by Gasteiger charge is 2.61. The van der Waals surface area contributed by atoms with Crippen molar-refractivity contribution >= 4 is 45.6 Å². The third-order valence-electron chi connectivity index (χ3n) is 7.43. The molecule has 39 heavy (non-hydrogen) atoms. The van der Waals surface area contributed by atoms with E-state index in [-0.39, 0.29) is 29.0 Å². The average molecular weight is 555 g/mol. The average Bonchev–Trinajstić information content (AvgIpc) is 3.45. The standard InChI is InChI=1S/C29H26N6O2S2/c1-16-7-6-8-17(11-16)15-38-27-34-33-26(39-27)35-21-12-28(2,3)13-22(36)23(21)29(19(14-30)24(35)31)18-9-4-5-10-20(18)32-25(29)37/h4-11H,12-13,15,31H2,1-3H3,(H,32,37)/t29-/m0/s1. The van der Waals surface area contributed by atoms with Crippen molar-refractivity contribution < 1.29 is 9.59 Å². The summed E-state index contributed by atoms with van der Waals surface area (Å²) in [6.45, 7) is 6.10. The number of allylic oxidation sites excluding steroid dienone is 1. The van der Waals surface area contributed by atoms with E-state index in [1.165, 1.54) is 22.5 Å². The second kappa shape index (κ2) is 9.07. The van der Waals surface area contributed by atoms with Crippen LogP contribution in [0, 0.1) is 23.7 Å². The van der Waals surface area contributed by atoms with Crippen LogP contribution in [0.3, 0.4) is 0 Å². The number of nitrogens with zero attached hydrogens (tertiary/aromatic N) is 4. The summed E-state index contributed by atoms with van der Waals surface area (Å²) in [6.07, 6.45) is 0.735. The van der Waals surface area contributed by atoms with Crippen molar-refractivity contribution in [1.82, 2.24) is 10.2 Å². The maximum absolute atomic E-state index is 13.9. The maximum Gasteiger partial charge on any atom is 0.245 e. The first kappa shape index (κ1) is 25.3. The van der Waals surface area contributed by atoms with Gasteiger partial charge >= 0.3 is 0 Å². The first-order valence-electron chi connectivity index (χ1n) is 12.6. The topological polar surface area (TPSA) is 125 Å². The molecule has 3 heterocycles. The summed E-state index contributed by atoms with van der Waals surface area (Å²) in [6, 6.07) is 17.7. The van der Waals surface area contributed by atoms with Crippen molar-refractivity contribution in [3.63, 3.8) is 0 Å². The molecule has 0 radical (unpaired) electrons. The van der Waals surface area contributed by atoms with Gasteiger partial charge in [-0.1, -0.05) is 85.0 Å². The number of nitrogens with two attached hydrogens (primary N) is 1. The van der Waals surface area contributed by atoms with Gasteiger partial charge in [-0.05, 0) is 30.4 Å². The van der Waals surface area contributed by atoms with E-state index >= 15 is 0 Å². The van der Waals surface area contributed by atoms with Crippen LogP contribution >= 0.6 is 23.1 Å². The number of aromatic nitrogens is 2. The van der Waals surface area contributed by atoms with E-state index in [0.29, 0.717) is 34.1 Å². The van der Waals surface area contributed by atoms with Crippen LogP contribution < -0.4 is 16.0 Å². The fourth-order valence-corrected chi connectivity index (χ4v) is 7.71. The number of nitrogens with one attached hydrogen (secondary N) is 1. The molecule has 1 aliphatic carbocycles. The third kappa shape index (κ3) is 3.87. The lowest BCUT2D eigenvalue weighted by Gasteiger charge is -2.45. The van der Waals surface area contributed by atoms with E-state index in [0.717, 1.165) is 10.1 Å². The van der Waals surface area contributed by atoms with Crippen LogP contribution in [0.25, 0.3) is 0 Å². The number of aryl methyl sites for hydroxylation is 1. The predicted molar refractivity (Wildman–Crippen MR) is 152 cm³/mol. The lowest BCUT2D eigenvalue weighted by atomic mass is 9.61. The van der Waals surface area contributed by atoms with E-state index in [4.69, 9.17) is 5.73 Å². The summed E-state index contributed by atoms with van der Waals surface area (Å²) in [7, 11) is 0. The molecule has 6 rings (SSSR count). The van der Waals surface area contributed by atoms with Gasteiger partial charge in [0.2, 0.25) is 11.0 Å². The van der Waals surface area contributed by atoms with Crippen LogP contribution in [0.15, 0.2) is 75.5 Å². The van der Waals surface area contributed by atoms with Crippen molar-refractivity contribution in [1.29, 1.82) is 5.26 Å². The second-order valence-electron chi connectivity index (χ2n) is 10.8. The molecule has 0 saturated carbocycles. The van der Waals surface area contributed by atoms with E-state index in [9.17, 15) is 14.9 Å². The maximum atomic E-state index is 13.9. The molecule has 1 amide bonds. The number of hydrogen-bond acceptors (Lipinski definition) is 9. The number of carbonyl (C=O) groups excluding carboxylic acids is 2. The Morgan fingerprint density at radius 1 is 1.15 bits per heavy atom. The number of ketones is 1. The number of thioether (sulfide) groups is 1. The summed E-state index contributed by atoms with van der Waals surface area (Å²) in [4.78, 5) is 29.4. The summed E-state index contributed by atoms with van der Waals surface area (Å²) in [5, 5.41) is 22.6. The SMILES string of the molecule is Cc1cccc(CSc2nnc(N3C(N)=C(C#N)[C@]4(C(=O)Nc5ccccc54)C4=C3CC(C)(C)CC4=O)s2)c1. The largest absolute Gasteiger partial charge is 0.384 e. The zero-order valence-electron chi connectivity index (χ0n) is 21.7. The van der Waals surface area contributed by atoms with E-state index < -0.39 is 11.3 Å². The molecule has 3 N–H and O–H groups in total. The number of carbonyl (C=O) groups is 2. The number of hydrogen-bond donors (Lipinski definition) is 2. The molecular weight excluding hydrogens is 528 g/mol. The Morgan fingerprint density at radius 3 is 2.72 bits per heavy atom. The summed E-state index contributed by atoms with van der Waals surface area (Å²) >= 11 is 2.91. The summed E-state index contributed by atoms with van der Waals surface area (Å²) in [5.74, 6) is 0.219. The lowest BCUT2D eigenvalue weighted by molar-refractivity contribution is -0.123. The molecule has 0 saturated heterocycles. The van der Waals surface area contributed by atoms with Gasteiger partial charge in [-0.15, -0.1) is 10.2 Å². The van der Waals surface area contributed by atoms with Crippen molar-refractivity contribution in [2.75, 3.05) is 10.2 Å². The number of para-hydroxylation sites is 1. The lowest BCUT2D eigenvalue weighted by Crippen LogP contribution is -2.52. The van der Waals surface area contributed by atoms with Crippen LogP contribution in [0.2, 0.25) is 0 Å². The van der Waals surface area contributed by atoms with Crippen molar-refractivity contribution in [3.8, 4) is 6.07 Å².